The van der Waals surface area contributed by atoms with Gasteiger partial charge in [-0.15, -0.1) is 12.4 Å². The molecule has 0 saturated carbocycles. The van der Waals surface area contributed by atoms with Crippen molar-refractivity contribution in [3.63, 3.8) is 0 Å². The molecule has 1 aliphatic rings. The van der Waals surface area contributed by atoms with E-state index >= 15 is 0 Å². The summed E-state index contributed by atoms with van der Waals surface area (Å²) in [4.78, 5) is -0.788. The quantitative estimate of drug-likeness (QED) is 0.876. The summed E-state index contributed by atoms with van der Waals surface area (Å²) in [5.41, 5.74) is 4.34. The van der Waals surface area contributed by atoms with Crippen LogP contribution in [0.5, 0.6) is 0 Å². The van der Waals surface area contributed by atoms with Crippen LogP contribution in [0.25, 0.3) is 0 Å². The third kappa shape index (κ3) is 3.81. The molecule has 1 heterocycles. The van der Waals surface area contributed by atoms with Crippen LogP contribution in [-0.4, -0.2) is 31.9 Å². The number of benzene rings is 1. The summed E-state index contributed by atoms with van der Waals surface area (Å²) >= 11 is 5.53. The molecule has 21 heavy (non-hydrogen) atoms. The van der Waals surface area contributed by atoms with Gasteiger partial charge < -0.3 is 5.73 Å². The van der Waals surface area contributed by atoms with E-state index in [1.165, 1.54) is 0 Å². The molecule has 1 aromatic rings. The fourth-order valence-electron chi connectivity index (χ4n) is 2.06. The largest absolute Gasteiger partial charge is 0.417 e. The van der Waals surface area contributed by atoms with Crippen LogP contribution in [0.2, 0.25) is 5.02 Å². The van der Waals surface area contributed by atoms with Crippen molar-refractivity contribution in [1.82, 2.24) is 4.31 Å². The van der Waals surface area contributed by atoms with Gasteiger partial charge in [0, 0.05) is 24.2 Å². The normalized spacial score (nSPS) is 20.3. The molecule has 4 nitrogen and oxygen atoms in total. The highest BCUT2D eigenvalue weighted by atomic mass is 35.5. The summed E-state index contributed by atoms with van der Waals surface area (Å²) in [6, 6.07) is 2.26. The highest BCUT2D eigenvalue weighted by molar-refractivity contribution is 7.89. The number of hydrogen-bond acceptors (Lipinski definition) is 3. The Morgan fingerprint density at radius 1 is 1.33 bits per heavy atom. The molecule has 1 fully saturated rings. The summed E-state index contributed by atoms with van der Waals surface area (Å²) in [7, 11) is -4.23. The van der Waals surface area contributed by atoms with Gasteiger partial charge in [0.25, 0.3) is 0 Å². The second-order valence-corrected chi connectivity index (χ2v) is 6.89. The molecule has 0 bridgehead atoms. The fraction of sp³-hybridized carbons (Fsp3) is 0.455. The minimum absolute atomic E-state index is 0. The number of halogens is 5. The van der Waals surface area contributed by atoms with Crippen molar-refractivity contribution < 1.29 is 21.6 Å². The van der Waals surface area contributed by atoms with Gasteiger partial charge in [0.1, 0.15) is 0 Å². The van der Waals surface area contributed by atoms with Gasteiger partial charge >= 0.3 is 6.18 Å². The highest BCUT2D eigenvalue weighted by Gasteiger charge is 2.40. The number of nitrogens with two attached hydrogens (primary N) is 1. The number of hydrogen-bond donors (Lipinski definition) is 1. The lowest BCUT2D eigenvalue weighted by Crippen LogP contribution is -2.33. The van der Waals surface area contributed by atoms with Gasteiger partial charge in [-0.05, 0) is 24.6 Å². The first-order chi connectivity index (χ1) is 9.12. The van der Waals surface area contributed by atoms with E-state index < -0.39 is 26.7 Å². The van der Waals surface area contributed by atoms with E-state index in [4.69, 9.17) is 17.3 Å². The fourth-order valence-corrected chi connectivity index (χ4v) is 3.94. The summed E-state index contributed by atoms with van der Waals surface area (Å²) in [5, 5.41) is -0.172. The predicted molar refractivity (Wildman–Crippen MR) is 75.1 cm³/mol. The Balaban J connectivity index is 0.00000220. The van der Waals surface area contributed by atoms with E-state index in [1.807, 2.05) is 0 Å². The van der Waals surface area contributed by atoms with E-state index in [0.29, 0.717) is 12.5 Å². The van der Waals surface area contributed by atoms with E-state index in [-0.39, 0.29) is 36.6 Å². The third-order valence-electron chi connectivity index (χ3n) is 3.05. The van der Waals surface area contributed by atoms with Gasteiger partial charge in [0.05, 0.1) is 10.5 Å². The SMILES string of the molecule is Cl.NC1CCN(S(=O)(=O)c2ccc(Cl)cc2C(F)(F)F)C1. The molecule has 0 radical (unpaired) electrons. The molecule has 0 spiro atoms. The maximum Gasteiger partial charge on any atom is 0.417 e. The van der Waals surface area contributed by atoms with Crippen molar-refractivity contribution in [2.45, 2.75) is 23.5 Å². The summed E-state index contributed by atoms with van der Waals surface area (Å²) in [5.74, 6) is 0. The molecular formula is C11H13Cl2F3N2O2S. The van der Waals surface area contributed by atoms with E-state index in [0.717, 1.165) is 16.4 Å². The first-order valence-electron chi connectivity index (χ1n) is 5.75. The molecule has 1 aromatic carbocycles. The van der Waals surface area contributed by atoms with Crippen molar-refractivity contribution in [1.29, 1.82) is 0 Å². The Bertz CT molecular complexity index is 622. The van der Waals surface area contributed by atoms with Gasteiger partial charge in [-0.25, -0.2) is 8.42 Å². The standard InChI is InChI=1S/C11H12ClF3N2O2S.ClH/c12-7-1-2-10(9(5-7)11(13,14)15)20(18,19)17-4-3-8(16)6-17;/h1-2,5,8H,3-4,6,16H2;1H. The van der Waals surface area contributed by atoms with Crippen LogP contribution in [0.3, 0.4) is 0 Å². The van der Waals surface area contributed by atoms with E-state index in [9.17, 15) is 21.6 Å². The maximum atomic E-state index is 13.0. The summed E-state index contributed by atoms with van der Waals surface area (Å²) in [6.45, 7) is 0.131. The van der Waals surface area contributed by atoms with Crippen LogP contribution in [0.1, 0.15) is 12.0 Å². The van der Waals surface area contributed by atoms with Crippen LogP contribution < -0.4 is 5.73 Å². The Morgan fingerprint density at radius 3 is 2.43 bits per heavy atom. The van der Waals surface area contributed by atoms with Crippen molar-refractivity contribution in [2.24, 2.45) is 5.73 Å². The molecule has 2 rings (SSSR count). The lowest BCUT2D eigenvalue weighted by Gasteiger charge is -2.19. The monoisotopic (exact) mass is 364 g/mol. The smallest absolute Gasteiger partial charge is 0.326 e. The Kier molecular flexibility index (Phi) is 5.55. The molecule has 0 aromatic heterocycles. The summed E-state index contributed by atoms with van der Waals surface area (Å²) in [6.07, 6.45) is -4.37. The van der Waals surface area contributed by atoms with Crippen molar-refractivity contribution in [3.05, 3.63) is 28.8 Å². The number of rotatable bonds is 2. The van der Waals surface area contributed by atoms with Crippen molar-refractivity contribution in [2.75, 3.05) is 13.1 Å². The average Bonchev–Trinajstić information content (AvgIpc) is 2.75. The van der Waals surface area contributed by atoms with Gasteiger partial charge in [-0.1, -0.05) is 11.6 Å². The van der Waals surface area contributed by atoms with E-state index in [2.05, 4.69) is 0 Å². The molecule has 1 aliphatic heterocycles. The van der Waals surface area contributed by atoms with Crippen LogP contribution in [0, 0.1) is 0 Å². The molecule has 1 saturated heterocycles. The highest BCUT2D eigenvalue weighted by Crippen LogP contribution is 2.37. The minimum atomic E-state index is -4.80. The zero-order valence-electron chi connectivity index (χ0n) is 10.6. The molecule has 0 amide bonds. The second kappa shape index (κ2) is 6.29. The van der Waals surface area contributed by atoms with Gasteiger partial charge in [0.15, 0.2) is 0 Å². The van der Waals surface area contributed by atoms with Crippen molar-refractivity contribution >= 4 is 34.0 Å². The first-order valence-corrected chi connectivity index (χ1v) is 7.56. The molecule has 120 valence electrons. The third-order valence-corrected chi connectivity index (χ3v) is 5.21. The van der Waals surface area contributed by atoms with Crippen molar-refractivity contribution in [3.8, 4) is 0 Å². The Labute approximate surface area is 131 Å². The Hall–Kier alpha value is -0.540. The maximum absolute atomic E-state index is 13.0. The lowest BCUT2D eigenvalue weighted by molar-refractivity contribution is -0.139. The van der Waals surface area contributed by atoms with Gasteiger partial charge in [-0.2, -0.15) is 17.5 Å². The first kappa shape index (κ1) is 18.5. The van der Waals surface area contributed by atoms with Gasteiger partial charge in [-0.3, -0.25) is 0 Å². The van der Waals surface area contributed by atoms with Crippen LogP contribution >= 0.6 is 24.0 Å². The molecule has 1 unspecified atom stereocenters. The molecule has 2 N–H and O–H groups in total. The average molecular weight is 365 g/mol. The molecule has 1 atom stereocenters. The van der Waals surface area contributed by atoms with E-state index in [1.54, 1.807) is 0 Å². The predicted octanol–water partition coefficient (Wildman–Crippen LogP) is 2.50. The Morgan fingerprint density at radius 2 is 1.95 bits per heavy atom. The topological polar surface area (TPSA) is 63.4 Å². The zero-order valence-corrected chi connectivity index (χ0v) is 13.0. The van der Waals surface area contributed by atoms with Crippen LogP contribution in [-0.2, 0) is 16.2 Å². The zero-order chi connectivity index (χ0) is 15.1. The van der Waals surface area contributed by atoms with Crippen LogP contribution in [0.15, 0.2) is 23.1 Å². The minimum Gasteiger partial charge on any atom is -0.326 e. The molecular weight excluding hydrogens is 352 g/mol. The molecule has 10 heteroatoms. The lowest BCUT2D eigenvalue weighted by atomic mass is 10.2. The summed E-state index contributed by atoms with van der Waals surface area (Å²) < 4.78 is 64.4. The van der Waals surface area contributed by atoms with Crippen LogP contribution in [0.4, 0.5) is 13.2 Å². The number of sulfonamides is 1. The second-order valence-electron chi connectivity index (χ2n) is 4.55. The number of alkyl halides is 3. The molecule has 0 aliphatic carbocycles. The number of nitrogens with zero attached hydrogens (tertiary/aromatic N) is 1. The van der Waals surface area contributed by atoms with Gasteiger partial charge in [0.2, 0.25) is 10.0 Å².